The number of hydrogen-bond acceptors (Lipinski definition) is 2. The van der Waals surface area contributed by atoms with Crippen molar-refractivity contribution in [1.82, 2.24) is 4.90 Å². The summed E-state index contributed by atoms with van der Waals surface area (Å²) in [6.45, 7) is 2.23. The Labute approximate surface area is 176 Å². The second-order valence-corrected chi connectivity index (χ2v) is 7.52. The van der Waals surface area contributed by atoms with Gasteiger partial charge in [0.2, 0.25) is 0 Å². The van der Waals surface area contributed by atoms with E-state index in [1.54, 1.807) is 0 Å². The van der Waals surface area contributed by atoms with Gasteiger partial charge in [-0.3, -0.25) is 9.59 Å². The van der Waals surface area contributed by atoms with E-state index in [0.717, 1.165) is 42.0 Å². The van der Waals surface area contributed by atoms with Crippen molar-refractivity contribution in [3.63, 3.8) is 0 Å². The van der Waals surface area contributed by atoms with Crippen LogP contribution in [0.1, 0.15) is 42.1 Å². The van der Waals surface area contributed by atoms with Crippen LogP contribution < -0.4 is 5.32 Å². The van der Waals surface area contributed by atoms with Crippen LogP contribution in [-0.2, 0) is 10.7 Å². The SMILES string of the molecule is CCC1CCCN(C(=O)C(F)(F)c2cc(C(=O)Nc3ccc(F)c(F)c3)ccc2F)C1. The maximum atomic E-state index is 14.9. The molecule has 1 heterocycles. The fraction of sp³-hybridized carbons (Fsp3) is 0.364. The fourth-order valence-electron chi connectivity index (χ4n) is 3.58. The first kappa shape index (κ1) is 22.7. The molecule has 31 heavy (non-hydrogen) atoms. The van der Waals surface area contributed by atoms with Crippen LogP contribution in [0.25, 0.3) is 0 Å². The van der Waals surface area contributed by atoms with Crippen LogP contribution in [0, 0.1) is 23.4 Å². The zero-order valence-electron chi connectivity index (χ0n) is 16.7. The molecule has 9 heteroatoms. The summed E-state index contributed by atoms with van der Waals surface area (Å²) >= 11 is 0. The van der Waals surface area contributed by atoms with E-state index in [1.165, 1.54) is 0 Å². The third-order valence-corrected chi connectivity index (χ3v) is 5.40. The summed E-state index contributed by atoms with van der Waals surface area (Å²) in [5, 5.41) is 2.22. The number of amides is 2. The number of likely N-dealkylation sites (tertiary alicyclic amines) is 1. The van der Waals surface area contributed by atoms with Gasteiger partial charge in [0, 0.05) is 30.4 Å². The minimum absolute atomic E-state index is 0.103. The zero-order valence-corrected chi connectivity index (χ0v) is 16.7. The molecule has 0 aliphatic carbocycles. The average Bonchev–Trinajstić information content (AvgIpc) is 2.75. The van der Waals surface area contributed by atoms with E-state index in [1.807, 2.05) is 6.92 Å². The van der Waals surface area contributed by atoms with Crippen LogP contribution >= 0.6 is 0 Å². The van der Waals surface area contributed by atoms with E-state index in [9.17, 15) is 31.5 Å². The van der Waals surface area contributed by atoms with Gasteiger partial charge in [0.15, 0.2) is 11.6 Å². The molecule has 1 aliphatic rings. The molecule has 4 nitrogen and oxygen atoms in total. The van der Waals surface area contributed by atoms with E-state index >= 15 is 0 Å². The monoisotopic (exact) mass is 440 g/mol. The van der Waals surface area contributed by atoms with Crippen molar-refractivity contribution in [2.75, 3.05) is 18.4 Å². The molecule has 1 N–H and O–H groups in total. The van der Waals surface area contributed by atoms with Crippen LogP contribution in [-0.4, -0.2) is 29.8 Å². The molecule has 2 aromatic carbocycles. The molecule has 0 spiro atoms. The molecule has 1 unspecified atom stereocenters. The highest BCUT2D eigenvalue weighted by Crippen LogP contribution is 2.34. The Kier molecular flexibility index (Phi) is 6.62. The third-order valence-electron chi connectivity index (χ3n) is 5.40. The maximum Gasteiger partial charge on any atom is 0.352 e. The zero-order chi connectivity index (χ0) is 22.8. The lowest BCUT2D eigenvalue weighted by Crippen LogP contribution is -2.47. The molecule has 3 rings (SSSR count). The molecule has 0 saturated carbocycles. The van der Waals surface area contributed by atoms with E-state index in [4.69, 9.17) is 0 Å². The average molecular weight is 440 g/mol. The number of halogens is 5. The number of benzene rings is 2. The fourth-order valence-corrected chi connectivity index (χ4v) is 3.58. The number of alkyl halides is 2. The normalized spacial score (nSPS) is 16.8. The van der Waals surface area contributed by atoms with Gasteiger partial charge < -0.3 is 10.2 Å². The van der Waals surface area contributed by atoms with Gasteiger partial charge in [-0.2, -0.15) is 8.78 Å². The Bertz CT molecular complexity index is 996. The Hall–Kier alpha value is -2.97. The predicted molar refractivity (Wildman–Crippen MR) is 104 cm³/mol. The Morgan fingerprint density at radius 2 is 1.77 bits per heavy atom. The highest BCUT2D eigenvalue weighted by Gasteiger charge is 2.47. The Balaban J connectivity index is 1.84. The second-order valence-electron chi connectivity index (χ2n) is 7.52. The number of nitrogens with one attached hydrogen (secondary N) is 1. The van der Waals surface area contributed by atoms with Crippen molar-refractivity contribution in [1.29, 1.82) is 0 Å². The van der Waals surface area contributed by atoms with Gasteiger partial charge in [0.1, 0.15) is 5.82 Å². The van der Waals surface area contributed by atoms with Gasteiger partial charge in [-0.1, -0.05) is 13.3 Å². The molecule has 2 amide bonds. The highest BCUT2D eigenvalue weighted by atomic mass is 19.3. The first-order chi connectivity index (χ1) is 14.6. The first-order valence-electron chi connectivity index (χ1n) is 9.87. The topological polar surface area (TPSA) is 49.4 Å². The van der Waals surface area contributed by atoms with Crippen LogP contribution in [0.15, 0.2) is 36.4 Å². The standard InChI is InChI=1S/C22H21F5N2O2/c1-2-13-4-3-9-29(12-13)21(31)22(26,27)16-10-14(5-7-17(16)23)20(30)28-15-6-8-18(24)19(25)11-15/h5-8,10-11,13H,2-4,9,12H2,1H3,(H,28,30). The van der Waals surface area contributed by atoms with Crippen molar-refractivity contribution in [3.8, 4) is 0 Å². The van der Waals surface area contributed by atoms with E-state index in [0.29, 0.717) is 18.6 Å². The minimum Gasteiger partial charge on any atom is -0.337 e. The Morgan fingerprint density at radius 3 is 2.45 bits per heavy atom. The van der Waals surface area contributed by atoms with E-state index in [-0.39, 0.29) is 30.3 Å². The number of carbonyl (C=O) groups is 2. The smallest absolute Gasteiger partial charge is 0.337 e. The number of rotatable bonds is 5. The van der Waals surface area contributed by atoms with Gasteiger partial charge in [0.05, 0.1) is 5.56 Å². The van der Waals surface area contributed by atoms with Gasteiger partial charge in [-0.25, -0.2) is 13.2 Å². The molecule has 1 aliphatic heterocycles. The number of piperidine rings is 1. The minimum atomic E-state index is -4.17. The molecular formula is C22H21F5N2O2. The van der Waals surface area contributed by atoms with Crippen LogP contribution in [0.2, 0.25) is 0 Å². The number of carbonyl (C=O) groups excluding carboxylic acids is 2. The van der Waals surface area contributed by atoms with Gasteiger partial charge in [-0.15, -0.1) is 0 Å². The summed E-state index contributed by atoms with van der Waals surface area (Å²) in [5.41, 5.74) is -1.69. The molecule has 2 aromatic rings. The summed E-state index contributed by atoms with van der Waals surface area (Å²) in [6.07, 6.45) is 2.16. The molecule has 1 atom stereocenters. The highest BCUT2D eigenvalue weighted by molar-refractivity contribution is 6.04. The summed E-state index contributed by atoms with van der Waals surface area (Å²) in [5.74, 6) is -10.2. The Morgan fingerprint density at radius 1 is 1.06 bits per heavy atom. The summed E-state index contributed by atoms with van der Waals surface area (Å²) < 4.78 is 70.5. The largest absolute Gasteiger partial charge is 0.352 e. The van der Waals surface area contributed by atoms with Crippen molar-refractivity contribution >= 4 is 17.5 Å². The van der Waals surface area contributed by atoms with Gasteiger partial charge >= 0.3 is 5.92 Å². The lowest BCUT2D eigenvalue weighted by Gasteiger charge is -2.34. The van der Waals surface area contributed by atoms with E-state index in [2.05, 4.69) is 5.32 Å². The lowest BCUT2D eigenvalue weighted by atomic mass is 9.94. The molecule has 1 saturated heterocycles. The number of anilines is 1. The second kappa shape index (κ2) is 9.03. The van der Waals surface area contributed by atoms with Gasteiger partial charge in [0.25, 0.3) is 11.8 Å². The van der Waals surface area contributed by atoms with Crippen molar-refractivity contribution in [2.24, 2.45) is 5.92 Å². The molecule has 166 valence electrons. The molecule has 1 fully saturated rings. The molecule has 0 bridgehead atoms. The van der Waals surface area contributed by atoms with Crippen LogP contribution in [0.5, 0.6) is 0 Å². The van der Waals surface area contributed by atoms with Gasteiger partial charge in [-0.05, 0) is 49.1 Å². The molecule has 0 radical (unpaired) electrons. The maximum absolute atomic E-state index is 14.9. The number of hydrogen-bond donors (Lipinski definition) is 1. The van der Waals surface area contributed by atoms with Crippen molar-refractivity contribution < 1.29 is 31.5 Å². The summed E-state index contributed by atoms with van der Waals surface area (Å²) in [6, 6.07) is 4.82. The third kappa shape index (κ3) is 4.86. The number of nitrogens with zero attached hydrogens (tertiary/aromatic N) is 1. The van der Waals surface area contributed by atoms with Crippen molar-refractivity contribution in [3.05, 3.63) is 65.0 Å². The summed E-state index contributed by atoms with van der Waals surface area (Å²) in [7, 11) is 0. The molecule has 0 aromatic heterocycles. The summed E-state index contributed by atoms with van der Waals surface area (Å²) in [4.78, 5) is 25.9. The van der Waals surface area contributed by atoms with Crippen LogP contribution in [0.3, 0.4) is 0 Å². The first-order valence-corrected chi connectivity index (χ1v) is 9.87. The lowest BCUT2D eigenvalue weighted by molar-refractivity contribution is -0.161. The quantitative estimate of drug-likeness (QED) is 0.658. The van der Waals surface area contributed by atoms with E-state index < -0.39 is 40.8 Å². The molecular weight excluding hydrogens is 419 g/mol. The predicted octanol–water partition coefficient (Wildman–Crippen LogP) is 5.10. The van der Waals surface area contributed by atoms with Crippen LogP contribution in [0.4, 0.5) is 27.6 Å². The van der Waals surface area contributed by atoms with Crippen molar-refractivity contribution in [2.45, 2.75) is 32.1 Å².